The van der Waals surface area contributed by atoms with E-state index in [2.05, 4.69) is 10.6 Å². The lowest BCUT2D eigenvalue weighted by Crippen LogP contribution is -2.39. The third-order valence-corrected chi connectivity index (χ3v) is 2.70. The maximum absolute atomic E-state index is 11.8. The van der Waals surface area contributed by atoms with Crippen LogP contribution in [0.3, 0.4) is 0 Å². The van der Waals surface area contributed by atoms with Crippen molar-refractivity contribution in [3.8, 4) is 5.75 Å². The Labute approximate surface area is 121 Å². The number of benzene rings is 1. The number of likely N-dealkylation sites (N-methyl/N-ethyl adjacent to an activating group) is 1. The van der Waals surface area contributed by atoms with E-state index in [1.807, 2.05) is 38.1 Å². The number of carbonyl (C=O) groups excluding carboxylic acids is 1. The lowest BCUT2D eigenvalue weighted by atomic mass is 10.1. The normalized spacial score (nSPS) is 11.3. The molecule has 0 saturated carbocycles. The van der Waals surface area contributed by atoms with Crippen LogP contribution in [-0.4, -0.2) is 32.1 Å². The van der Waals surface area contributed by atoms with Crippen LogP contribution < -0.4 is 15.4 Å². The summed E-state index contributed by atoms with van der Waals surface area (Å²) in [5, 5.41) is 6.16. The van der Waals surface area contributed by atoms with Gasteiger partial charge in [0.2, 0.25) is 5.91 Å². The van der Waals surface area contributed by atoms with E-state index in [1.54, 1.807) is 7.11 Å². The molecule has 0 unspecified atom stereocenters. The van der Waals surface area contributed by atoms with Crippen molar-refractivity contribution in [2.24, 2.45) is 0 Å². The summed E-state index contributed by atoms with van der Waals surface area (Å²) in [7, 11) is 1.62. The largest absolute Gasteiger partial charge is 0.496 e. The van der Waals surface area contributed by atoms with Crippen LogP contribution in [0.4, 0.5) is 0 Å². The van der Waals surface area contributed by atoms with Crippen LogP contribution >= 0.6 is 12.4 Å². The minimum atomic E-state index is 0. The molecule has 1 aromatic carbocycles. The zero-order chi connectivity index (χ0) is 13.4. The zero-order valence-electron chi connectivity index (χ0n) is 11.7. The first-order valence-electron chi connectivity index (χ1n) is 6.29. The number of hydrogen-bond donors (Lipinski definition) is 2. The van der Waals surface area contributed by atoms with Gasteiger partial charge in [-0.2, -0.15) is 0 Å². The second-order valence-corrected chi connectivity index (χ2v) is 4.25. The van der Waals surface area contributed by atoms with Gasteiger partial charge in [-0.3, -0.25) is 4.79 Å². The summed E-state index contributed by atoms with van der Waals surface area (Å²) < 4.78 is 5.22. The number of hydrogen-bond acceptors (Lipinski definition) is 3. The van der Waals surface area contributed by atoms with Crippen molar-refractivity contribution in [1.82, 2.24) is 10.6 Å². The van der Waals surface area contributed by atoms with Gasteiger partial charge >= 0.3 is 0 Å². The van der Waals surface area contributed by atoms with Crippen LogP contribution in [0.2, 0.25) is 0 Å². The van der Waals surface area contributed by atoms with Crippen LogP contribution in [0.25, 0.3) is 0 Å². The second kappa shape index (κ2) is 9.64. The van der Waals surface area contributed by atoms with Gasteiger partial charge in [0.05, 0.1) is 13.5 Å². The SMILES string of the molecule is CCN[C@H](C)CNC(=O)Cc1ccccc1OC.Cl. The van der Waals surface area contributed by atoms with Crippen molar-refractivity contribution < 1.29 is 9.53 Å². The Balaban J connectivity index is 0.00000324. The summed E-state index contributed by atoms with van der Waals surface area (Å²) in [6, 6.07) is 7.87. The molecule has 0 heterocycles. The van der Waals surface area contributed by atoms with E-state index in [4.69, 9.17) is 4.74 Å². The maximum atomic E-state index is 11.8. The number of methoxy groups -OCH3 is 1. The molecule has 1 atom stereocenters. The molecule has 0 aliphatic rings. The predicted molar refractivity (Wildman–Crippen MR) is 80.1 cm³/mol. The van der Waals surface area contributed by atoms with Crippen molar-refractivity contribution in [3.05, 3.63) is 29.8 Å². The van der Waals surface area contributed by atoms with Crippen molar-refractivity contribution >= 4 is 18.3 Å². The van der Waals surface area contributed by atoms with Gasteiger partial charge in [0.1, 0.15) is 5.75 Å². The molecule has 1 amide bonds. The van der Waals surface area contributed by atoms with E-state index >= 15 is 0 Å². The highest BCUT2D eigenvalue weighted by Gasteiger charge is 2.08. The molecule has 0 radical (unpaired) electrons. The van der Waals surface area contributed by atoms with Gasteiger partial charge in [0, 0.05) is 18.2 Å². The molecule has 5 heteroatoms. The van der Waals surface area contributed by atoms with E-state index in [-0.39, 0.29) is 24.4 Å². The van der Waals surface area contributed by atoms with Crippen LogP contribution in [-0.2, 0) is 11.2 Å². The van der Waals surface area contributed by atoms with Crippen LogP contribution in [0, 0.1) is 0 Å². The molecule has 0 aromatic heterocycles. The minimum absolute atomic E-state index is 0. The molecule has 0 spiro atoms. The average Bonchev–Trinajstić information content (AvgIpc) is 2.37. The summed E-state index contributed by atoms with van der Waals surface area (Å²) in [6.45, 7) is 5.64. The molecular formula is C14H23ClN2O2. The Morgan fingerprint density at radius 2 is 2.05 bits per heavy atom. The van der Waals surface area contributed by atoms with E-state index < -0.39 is 0 Å². The third-order valence-electron chi connectivity index (χ3n) is 2.70. The number of amides is 1. The van der Waals surface area contributed by atoms with Gasteiger partial charge in [-0.05, 0) is 19.5 Å². The van der Waals surface area contributed by atoms with Crippen molar-refractivity contribution in [3.63, 3.8) is 0 Å². The van der Waals surface area contributed by atoms with Gasteiger partial charge in [0.25, 0.3) is 0 Å². The van der Waals surface area contributed by atoms with Crippen molar-refractivity contribution in [2.45, 2.75) is 26.3 Å². The highest BCUT2D eigenvalue weighted by molar-refractivity contribution is 5.85. The van der Waals surface area contributed by atoms with Crippen LogP contribution in [0.5, 0.6) is 5.75 Å². The Morgan fingerprint density at radius 1 is 1.37 bits per heavy atom. The fourth-order valence-electron chi connectivity index (χ4n) is 1.77. The number of halogens is 1. The molecule has 1 rings (SSSR count). The standard InChI is InChI=1S/C14H22N2O2.ClH/c1-4-15-11(2)10-16-14(17)9-12-7-5-6-8-13(12)18-3;/h5-8,11,15H,4,9-10H2,1-3H3,(H,16,17);1H/t11-;/m1./s1. The summed E-state index contributed by atoms with van der Waals surface area (Å²) >= 11 is 0. The van der Waals surface area contributed by atoms with Crippen LogP contribution in [0.15, 0.2) is 24.3 Å². The molecule has 0 fully saturated rings. The van der Waals surface area contributed by atoms with Gasteiger partial charge < -0.3 is 15.4 Å². The molecule has 19 heavy (non-hydrogen) atoms. The molecule has 1 aromatic rings. The van der Waals surface area contributed by atoms with Crippen LogP contribution in [0.1, 0.15) is 19.4 Å². The summed E-state index contributed by atoms with van der Waals surface area (Å²) in [5.74, 6) is 0.775. The van der Waals surface area contributed by atoms with Crippen molar-refractivity contribution in [1.29, 1.82) is 0 Å². The Kier molecular flexibility index (Phi) is 9.00. The number of ether oxygens (including phenoxy) is 1. The molecule has 108 valence electrons. The quantitative estimate of drug-likeness (QED) is 0.803. The molecule has 0 aliphatic carbocycles. The minimum Gasteiger partial charge on any atom is -0.496 e. The smallest absolute Gasteiger partial charge is 0.224 e. The first kappa shape index (κ1) is 17.7. The Hall–Kier alpha value is -1.26. The number of nitrogens with one attached hydrogen (secondary N) is 2. The summed E-state index contributed by atoms with van der Waals surface area (Å²) in [5.41, 5.74) is 0.911. The fraction of sp³-hybridized carbons (Fsp3) is 0.500. The van der Waals surface area contributed by atoms with Gasteiger partial charge in [-0.15, -0.1) is 12.4 Å². The second-order valence-electron chi connectivity index (χ2n) is 4.25. The number of para-hydroxylation sites is 1. The molecular weight excluding hydrogens is 264 g/mol. The Morgan fingerprint density at radius 3 is 2.68 bits per heavy atom. The molecule has 4 nitrogen and oxygen atoms in total. The van der Waals surface area contributed by atoms with E-state index in [1.165, 1.54) is 0 Å². The summed E-state index contributed by atoms with van der Waals surface area (Å²) in [4.78, 5) is 11.8. The average molecular weight is 287 g/mol. The lowest BCUT2D eigenvalue weighted by Gasteiger charge is -2.13. The highest BCUT2D eigenvalue weighted by atomic mass is 35.5. The first-order chi connectivity index (χ1) is 8.67. The summed E-state index contributed by atoms with van der Waals surface area (Å²) in [6.07, 6.45) is 0.350. The third kappa shape index (κ3) is 6.45. The Bertz CT molecular complexity index is 385. The number of rotatable bonds is 7. The molecule has 0 saturated heterocycles. The first-order valence-corrected chi connectivity index (χ1v) is 6.29. The van der Waals surface area contributed by atoms with Gasteiger partial charge in [0.15, 0.2) is 0 Å². The molecule has 0 bridgehead atoms. The zero-order valence-corrected chi connectivity index (χ0v) is 12.5. The van der Waals surface area contributed by atoms with E-state index in [9.17, 15) is 4.79 Å². The maximum Gasteiger partial charge on any atom is 0.224 e. The fourth-order valence-corrected chi connectivity index (χ4v) is 1.77. The number of carbonyl (C=O) groups is 1. The molecule has 0 aliphatic heterocycles. The topological polar surface area (TPSA) is 50.4 Å². The van der Waals surface area contributed by atoms with Crippen molar-refractivity contribution in [2.75, 3.05) is 20.2 Å². The van der Waals surface area contributed by atoms with Gasteiger partial charge in [-0.25, -0.2) is 0 Å². The predicted octanol–water partition coefficient (Wildman–Crippen LogP) is 1.77. The monoisotopic (exact) mass is 286 g/mol. The van der Waals surface area contributed by atoms with E-state index in [0.717, 1.165) is 17.9 Å². The van der Waals surface area contributed by atoms with E-state index in [0.29, 0.717) is 13.0 Å². The van der Waals surface area contributed by atoms with Gasteiger partial charge in [-0.1, -0.05) is 25.1 Å². The highest BCUT2D eigenvalue weighted by Crippen LogP contribution is 2.17. The molecule has 2 N–H and O–H groups in total. The lowest BCUT2D eigenvalue weighted by molar-refractivity contribution is -0.120.